The summed E-state index contributed by atoms with van der Waals surface area (Å²) in [5.74, 6) is 0.0623. The molecule has 0 spiro atoms. The second-order valence-electron chi connectivity index (χ2n) is 9.19. The van der Waals surface area contributed by atoms with Crippen molar-refractivity contribution in [3.8, 4) is 0 Å². The van der Waals surface area contributed by atoms with Gasteiger partial charge in [-0.3, -0.25) is 4.79 Å². The van der Waals surface area contributed by atoms with Crippen molar-refractivity contribution in [3.05, 3.63) is 0 Å². The zero-order chi connectivity index (χ0) is 25.7. The molecule has 0 aromatic rings. The van der Waals surface area contributed by atoms with Crippen LogP contribution in [0.3, 0.4) is 0 Å². The molecule has 0 bridgehead atoms. The molecule has 0 radical (unpaired) electrons. The summed E-state index contributed by atoms with van der Waals surface area (Å²) >= 11 is 4.09. The van der Waals surface area contributed by atoms with Gasteiger partial charge in [0.1, 0.15) is 0 Å². The van der Waals surface area contributed by atoms with Crippen molar-refractivity contribution < 1.29 is 23.8 Å². The van der Waals surface area contributed by atoms with Gasteiger partial charge >= 0.3 is 0 Å². The van der Waals surface area contributed by atoms with Crippen LogP contribution in [0.15, 0.2) is 0 Å². The topological polar surface area (TPSA) is 65.0 Å². The molecule has 0 aliphatic carbocycles. The van der Waals surface area contributed by atoms with Crippen LogP contribution in [0.2, 0.25) is 6.04 Å². The lowest BCUT2D eigenvalue weighted by Gasteiger charge is -2.12. The van der Waals surface area contributed by atoms with Gasteiger partial charge in [-0.25, -0.2) is 0 Å². The lowest BCUT2D eigenvalue weighted by atomic mass is 10.0. The maximum absolute atomic E-state index is 11.7. The van der Waals surface area contributed by atoms with Crippen LogP contribution in [-0.4, -0.2) is 46.4 Å². The van der Waals surface area contributed by atoms with Crippen molar-refractivity contribution in [1.29, 1.82) is 0 Å². The number of aliphatic hydroxyl groups excluding tert-OH is 1. The predicted molar refractivity (Wildman–Crippen MR) is 152 cm³/mol. The molecule has 0 aromatic carbocycles. The van der Waals surface area contributed by atoms with Crippen LogP contribution in [0.4, 0.5) is 0 Å². The second kappa shape index (κ2) is 30.5. The van der Waals surface area contributed by atoms with Gasteiger partial charge in [0.15, 0.2) is 11.3 Å². The van der Waals surface area contributed by atoms with Gasteiger partial charge < -0.3 is 19.0 Å². The summed E-state index contributed by atoms with van der Waals surface area (Å²) in [5, 5.41) is 7.79. The van der Waals surface area contributed by atoms with Crippen molar-refractivity contribution in [3.63, 3.8) is 0 Å². The van der Waals surface area contributed by atoms with E-state index in [1.165, 1.54) is 110 Å². The zero-order valence-electron chi connectivity index (χ0n) is 22.9. The lowest BCUT2D eigenvalue weighted by molar-refractivity contribution is -0.134. The number of rotatable bonds is 24. The number of carbonyl (C=O) groups excluding carboxylic acids is 1. The van der Waals surface area contributed by atoms with E-state index in [2.05, 4.69) is 19.1 Å². The van der Waals surface area contributed by atoms with Crippen molar-refractivity contribution in [2.75, 3.05) is 14.2 Å². The van der Waals surface area contributed by atoms with Gasteiger partial charge in [-0.2, -0.15) is 0 Å². The number of aliphatic hydroxyl groups is 1. The summed E-state index contributed by atoms with van der Waals surface area (Å²) < 4.78 is 15.8. The normalized spacial score (nSPS) is 11.1. The minimum atomic E-state index is -0.586. The van der Waals surface area contributed by atoms with Gasteiger partial charge in [-0.15, -0.1) is 0 Å². The first kappa shape index (κ1) is 35.7. The molecule has 0 aliphatic heterocycles. The molecule has 5 nitrogen and oxygen atoms in total. The molecule has 0 atom stereocenters. The van der Waals surface area contributed by atoms with Crippen LogP contribution < -0.4 is 0 Å². The fourth-order valence-corrected chi connectivity index (χ4v) is 4.89. The van der Waals surface area contributed by atoms with Crippen LogP contribution in [0.5, 0.6) is 0 Å². The molecule has 0 saturated heterocycles. The Hall–Kier alpha value is -0.503. The van der Waals surface area contributed by atoms with Crippen LogP contribution in [0.1, 0.15) is 136 Å². The number of carbonyl (C=O) groups is 1. The summed E-state index contributed by atoms with van der Waals surface area (Å²) in [6.45, 7) is 3.66. The van der Waals surface area contributed by atoms with Gasteiger partial charge in [0.05, 0.1) is 0 Å². The van der Waals surface area contributed by atoms with E-state index in [1.807, 2.05) is 0 Å². The highest BCUT2D eigenvalue weighted by Crippen LogP contribution is 2.14. The monoisotopic (exact) mass is 520 g/mol. The van der Waals surface area contributed by atoms with Crippen LogP contribution in [-0.2, 0) is 18.7 Å². The van der Waals surface area contributed by atoms with Crippen molar-refractivity contribution in [2.24, 2.45) is 0 Å². The molecule has 1 N–H and O–H groups in total. The number of unbranched alkanes of at least 4 members (excludes halogenated alkanes) is 15. The largest absolute Gasteiger partial charge is 0.525 e. The molecule has 7 heteroatoms. The Bertz CT molecular complexity index is 429. The van der Waals surface area contributed by atoms with Crippen molar-refractivity contribution >= 4 is 33.0 Å². The SMILES string of the molecule is CC(O)=S.CCCCC[SiH2]OC(=O)CCCCCCCCCCCCCCCCC(OC)OC. The molecule has 0 aromatic heterocycles. The van der Waals surface area contributed by atoms with Crippen LogP contribution >= 0.6 is 12.2 Å². The molecule has 0 aliphatic rings. The predicted octanol–water partition coefficient (Wildman–Crippen LogP) is 7.97. The van der Waals surface area contributed by atoms with E-state index in [1.54, 1.807) is 14.2 Å². The Balaban J connectivity index is 0. The first-order valence-corrected chi connectivity index (χ1v) is 15.9. The van der Waals surface area contributed by atoms with E-state index in [4.69, 9.17) is 19.0 Å². The molecule has 0 unspecified atom stereocenters. The van der Waals surface area contributed by atoms with Gasteiger partial charge in [-0.1, -0.05) is 103 Å². The Morgan fingerprint density at radius 2 is 1.18 bits per heavy atom. The van der Waals surface area contributed by atoms with E-state index in [-0.39, 0.29) is 17.3 Å². The first-order valence-electron chi connectivity index (χ1n) is 13.9. The summed E-state index contributed by atoms with van der Waals surface area (Å²) in [6, 6.07) is 1.16. The van der Waals surface area contributed by atoms with Crippen LogP contribution in [0, 0.1) is 0 Å². The Morgan fingerprint density at radius 1 is 0.765 bits per heavy atom. The number of hydrogen-bond acceptors (Lipinski definition) is 5. The molecule has 204 valence electrons. The quantitative estimate of drug-likeness (QED) is 0.0602. The van der Waals surface area contributed by atoms with Crippen molar-refractivity contribution in [1.82, 2.24) is 0 Å². The lowest BCUT2D eigenvalue weighted by Crippen LogP contribution is -2.12. The molecule has 0 amide bonds. The van der Waals surface area contributed by atoms with E-state index >= 15 is 0 Å². The number of hydrogen-bond donors (Lipinski definition) is 1. The van der Waals surface area contributed by atoms with E-state index in [0.717, 1.165) is 18.9 Å². The van der Waals surface area contributed by atoms with E-state index < -0.39 is 9.76 Å². The van der Waals surface area contributed by atoms with Gasteiger partial charge in [-0.05, 0) is 37.5 Å². The Morgan fingerprint density at radius 3 is 1.59 bits per heavy atom. The summed E-state index contributed by atoms with van der Waals surface area (Å²) in [4.78, 5) is 11.7. The Kier molecular flexibility index (Phi) is 32.0. The van der Waals surface area contributed by atoms with Crippen molar-refractivity contribution in [2.45, 2.75) is 148 Å². The standard InChI is InChI=1S/C25H52O4Si.C2H4OS/c1-4-5-20-23-30-29-24(26)21-18-16-14-12-10-8-6-7-9-11-13-15-17-19-22-25(27-2)28-3;1-2(3)4/h25H,4-23,30H2,1-3H3;1H3,(H,3,4). The van der Waals surface area contributed by atoms with Crippen LogP contribution in [0.25, 0.3) is 0 Å². The third-order valence-electron chi connectivity index (χ3n) is 5.86. The number of thiocarbonyl (C=S) groups is 1. The van der Waals surface area contributed by atoms with Gasteiger partial charge in [0, 0.05) is 27.6 Å². The summed E-state index contributed by atoms with van der Waals surface area (Å²) in [6.07, 6.45) is 23.7. The second-order valence-corrected chi connectivity index (χ2v) is 11.2. The zero-order valence-corrected chi connectivity index (χ0v) is 25.1. The molecule has 34 heavy (non-hydrogen) atoms. The highest BCUT2D eigenvalue weighted by atomic mass is 32.1. The summed E-state index contributed by atoms with van der Waals surface area (Å²) in [7, 11) is 2.84. The maximum atomic E-state index is 11.7. The molecule has 0 fully saturated rings. The number of methoxy groups -OCH3 is 2. The third-order valence-corrected chi connectivity index (χ3v) is 7.17. The highest BCUT2D eigenvalue weighted by Gasteiger charge is 2.04. The highest BCUT2D eigenvalue weighted by molar-refractivity contribution is 7.79. The first-order chi connectivity index (χ1) is 16.5. The third kappa shape index (κ3) is 33.7. The van der Waals surface area contributed by atoms with E-state index in [0.29, 0.717) is 6.42 Å². The average molecular weight is 521 g/mol. The average Bonchev–Trinajstić information content (AvgIpc) is 2.80. The molecular formula is C27H56O5SSi. The maximum Gasteiger partial charge on any atom is 0.292 e. The number of ether oxygens (including phenoxy) is 2. The molecular weight excluding hydrogens is 464 g/mol. The van der Waals surface area contributed by atoms with Gasteiger partial charge in [0.2, 0.25) is 9.76 Å². The minimum Gasteiger partial charge on any atom is -0.525 e. The molecule has 0 heterocycles. The molecule has 0 saturated carbocycles. The minimum absolute atomic E-state index is 0.000000000000000222. The smallest absolute Gasteiger partial charge is 0.292 e. The fourth-order valence-electron chi connectivity index (χ4n) is 3.82. The summed E-state index contributed by atoms with van der Waals surface area (Å²) in [5.41, 5.74) is 0. The Labute approximate surface area is 219 Å². The molecule has 0 rings (SSSR count). The van der Waals surface area contributed by atoms with Gasteiger partial charge in [0.25, 0.3) is 5.97 Å². The van der Waals surface area contributed by atoms with E-state index in [9.17, 15) is 4.79 Å². The fraction of sp³-hybridized carbons (Fsp3) is 0.926.